The van der Waals surface area contributed by atoms with E-state index in [0.717, 1.165) is 0 Å². The number of carbonyl (C=O) groups excluding carboxylic acids is 2. The van der Waals surface area contributed by atoms with E-state index in [4.69, 9.17) is 4.84 Å². The van der Waals surface area contributed by atoms with Gasteiger partial charge in [-0.25, -0.2) is 4.79 Å². The zero-order chi connectivity index (χ0) is 18.8. The number of carbonyl (C=O) groups is 2. The second-order valence-electron chi connectivity index (χ2n) is 6.19. The molecule has 1 amide bonds. The highest BCUT2D eigenvalue weighted by molar-refractivity contribution is 6.39. The van der Waals surface area contributed by atoms with Gasteiger partial charge in [0.15, 0.2) is 6.10 Å². The second-order valence-corrected chi connectivity index (χ2v) is 6.19. The van der Waals surface area contributed by atoms with Crippen LogP contribution < -0.4 is 0 Å². The van der Waals surface area contributed by atoms with Gasteiger partial charge in [-0.15, -0.1) is 0 Å². The van der Waals surface area contributed by atoms with Crippen LogP contribution in [0.4, 0.5) is 0 Å². The van der Waals surface area contributed by atoms with E-state index >= 15 is 0 Å². The zero-order valence-corrected chi connectivity index (χ0v) is 14.1. The Hall–Kier alpha value is -2.65. The fraction of sp³-hybridized carbons (Fsp3) is 0.471. The lowest BCUT2D eigenvalue weighted by Crippen LogP contribution is -2.49. The molecule has 0 aromatic heterocycles. The summed E-state index contributed by atoms with van der Waals surface area (Å²) in [6, 6.07) is 7.56. The van der Waals surface area contributed by atoms with Gasteiger partial charge in [0.1, 0.15) is 12.1 Å². The molecule has 1 saturated heterocycles. The fourth-order valence-corrected chi connectivity index (χ4v) is 3.30. The molecule has 2 N–H and O–H groups in total. The van der Waals surface area contributed by atoms with Gasteiger partial charge in [-0.1, -0.05) is 30.3 Å². The molecule has 9 nitrogen and oxygen atoms in total. The molecule has 0 bridgehead atoms. The molecule has 0 unspecified atom stereocenters. The monoisotopic (exact) mass is 364 g/mol. The van der Waals surface area contributed by atoms with Crippen molar-refractivity contribution in [3.05, 3.63) is 41.1 Å². The number of benzene rings is 1. The maximum absolute atomic E-state index is 12.7. The Morgan fingerprint density at radius 2 is 2.08 bits per heavy atom. The molecule has 140 valence electrons. The summed E-state index contributed by atoms with van der Waals surface area (Å²) < 4.78 is 4.68. The summed E-state index contributed by atoms with van der Waals surface area (Å²) in [5.41, 5.74) is -0.118. The SMILES string of the molecule is COC(=O)[C@@H]1CCCN1C(=O)C1=[N+]([O-])O[C@@H]([C@@H](O)c2ccccc2)[C@@H]1O. The van der Waals surface area contributed by atoms with Crippen molar-refractivity contribution in [2.75, 3.05) is 13.7 Å². The fourth-order valence-electron chi connectivity index (χ4n) is 3.30. The number of hydrogen-bond donors (Lipinski definition) is 2. The zero-order valence-electron chi connectivity index (χ0n) is 14.1. The molecule has 3 rings (SSSR count). The highest BCUT2D eigenvalue weighted by atomic mass is 16.9. The van der Waals surface area contributed by atoms with Crippen LogP contribution in [0.15, 0.2) is 30.3 Å². The number of methoxy groups -OCH3 is 1. The molecule has 0 radical (unpaired) electrons. The Balaban J connectivity index is 1.79. The molecule has 4 atom stereocenters. The van der Waals surface area contributed by atoms with Crippen molar-refractivity contribution in [2.24, 2.45) is 0 Å². The van der Waals surface area contributed by atoms with Gasteiger partial charge in [-0.2, -0.15) is 0 Å². The van der Waals surface area contributed by atoms with Crippen LogP contribution in [-0.4, -0.2) is 69.5 Å². The number of hydrogen-bond acceptors (Lipinski definition) is 7. The summed E-state index contributed by atoms with van der Waals surface area (Å²) in [4.78, 5) is 30.6. The molecule has 1 aromatic carbocycles. The van der Waals surface area contributed by atoms with Gasteiger partial charge in [-0.3, -0.25) is 10.0 Å². The lowest BCUT2D eigenvalue weighted by atomic mass is 9.98. The molecule has 1 fully saturated rings. The minimum absolute atomic E-state index is 0.0729. The van der Waals surface area contributed by atoms with Crippen molar-refractivity contribution < 1.29 is 34.3 Å². The van der Waals surface area contributed by atoms with Crippen LogP contribution in [0.2, 0.25) is 0 Å². The smallest absolute Gasteiger partial charge is 0.338 e. The Bertz CT molecular complexity index is 721. The Labute approximate surface area is 149 Å². The molecule has 2 aliphatic rings. The summed E-state index contributed by atoms with van der Waals surface area (Å²) in [6.07, 6.45) is -3.27. The highest BCUT2D eigenvalue weighted by Crippen LogP contribution is 2.28. The quantitative estimate of drug-likeness (QED) is 0.546. The number of aliphatic hydroxyl groups excluding tert-OH is 2. The summed E-state index contributed by atoms with van der Waals surface area (Å²) >= 11 is 0. The van der Waals surface area contributed by atoms with E-state index in [-0.39, 0.29) is 11.4 Å². The second kappa shape index (κ2) is 7.30. The maximum Gasteiger partial charge on any atom is 0.338 e. The van der Waals surface area contributed by atoms with Crippen LogP contribution in [0.3, 0.4) is 0 Å². The Morgan fingerprint density at radius 1 is 1.38 bits per heavy atom. The van der Waals surface area contributed by atoms with E-state index in [9.17, 15) is 25.0 Å². The number of amides is 1. The lowest BCUT2D eigenvalue weighted by molar-refractivity contribution is -0.742. The molecule has 1 aromatic rings. The van der Waals surface area contributed by atoms with E-state index in [2.05, 4.69) is 4.74 Å². The molecule has 9 heteroatoms. The number of ether oxygens (including phenoxy) is 1. The first-order valence-electron chi connectivity index (χ1n) is 8.26. The number of rotatable bonds is 4. The van der Waals surface area contributed by atoms with Gasteiger partial charge in [-0.05, 0) is 18.4 Å². The van der Waals surface area contributed by atoms with Gasteiger partial charge >= 0.3 is 17.6 Å². The largest absolute Gasteiger partial charge is 0.467 e. The molecular weight excluding hydrogens is 344 g/mol. The van der Waals surface area contributed by atoms with Crippen LogP contribution in [0.25, 0.3) is 0 Å². The van der Waals surface area contributed by atoms with E-state index < -0.39 is 41.9 Å². The molecule has 26 heavy (non-hydrogen) atoms. The first-order chi connectivity index (χ1) is 12.5. The van der Waals surface area contributed by atoms with Crippen LogP contribution in [0.1, 0.15) is 24.5 Å². The van der Waals surface area contributed by atoms with Gasteiger partial charge in [0.25, 0.3) is 0 Å². The number of esters is 1. The third-order valence-electron chi connectivity index (χ3n) is 4.66. The van der Waals surface area contributed by atoms with Crippen molar-refractivity contribution in [1.82, 2.24) is 4.90 Å². The maximum atomic E-state index is 12.7. The average Bonchev–Trinajstić information content (AvgIpc) is 3.25. The van der Waals surface area contributed by atoms with Gasteiger partial charge in [0.2, 0.25) is 0 Å². The van der Waals surface area contributed by atoms with Crippen molar-refractivity contribution in [3.8, 4) is 0 Å². The third-order valence-corrected chi connectivity index (χ3v) is 4.66. The third kappa shape index (κ3) is 3.11. The van der Waals surface area contributed by atoms with E-state index in [1.165, 1.54) is 12.0 Å². The predicted molar refractivity (Wildman–Crippen MR) is 87.7 cm³/mol. The minimum Gasteiger partial charge on any atom is -0.467 e. The van der Waals surface area contributed by atoms with Crippen LogP contribution in [-0.2, 0) is 19.2 Å². The normalized spacial score (nSPS) is 26.6. The van der Waals surface area contributed by atoms with E-state index in [0.29, 0.717) is 18.4 Å². The van der Waals surface area contributed by atoms with E-state index in [1.54, 1.807) is 30.3 Å². The van der Waals surface area contributed by atoms with Gasteiger partial charge < -0.3 is 24.7 Å². The van der Waals surface area contributed by atoms with Crippen molar-refractivity contribution in [3.63, 3.8) is 0 Å². The first-order valence-corrected chi connectivity index (χ1v) is 8.26. The summed E-state index contributed by atoms with van der Waals surface area (Å²) in [7, 11) is 1.22. The molecule has 0 spiro atoms. The summed E-state index contributed by atoms with van der Waals surface area (Å²) in [5.74, 6) is -1.38. The number of nitrogens with zero attached hydrogens (tertiary/aromatic N) is 2. The van der Waals surface area contributed by atoms with Crippen LogP contribution >= 0.6 is 0 Å². The molecule has 0 aliphatic carbocycles. The molecule has 2 aliphatic heterocycles. The standard InChI is InChI=1S/C17H20N2O7/c1-25-17(23)11-8-5-9-18(11)16(22)12-14(21)15(26-19(12)24)13(20)10-6-3-2-4-7-10/h2-4,6-7,11,13-15,20-21H,5,8-9H2,1H3/t11-,13-,14+,15-/m0/s1. The number of likely N-dealkylation sites (tertiary alicyclic amines) is 1. The Kier molecular flexibility index (Phi) is 5.10. The van der Waals surface area contributed by atoms with Gasteiger partial charge in [0, 0.05) is 6.54 Å². The Morgan fingerprint density at radius 3 is 2.73 bits per heavy atom. The van der Waals surface area contributed by atoms with Crippen molar-refractivity contribution in [1.29, 1.82) is 0 Å². The average molecular weight is 364 g/mol. The summed E-state index contributed by atoms with van der Waals surface area (Å²) in [5, 5.41) is 32.9. The highest BCUT2D eigenvalue weighted by Gasteiger charge is 2.50. The first kappa shape index (κ1) is 18.2. The van der Waals surface area contributed by atoms with Gasteiger partial charge in [0.05, 0.1) is 18.1 Å². The molecule has 2 heterocycles. The van der Waals surface area contributed by atoms with Crippen molar-refractivity contribution >= 4 is 17.6 Å². The van der Waals surface area contributed by atoms with E-state index in [1.807, 2.05) is 0 Å². The van der Waals surface area contributed by atoms with Crippen LogP contribution in [0.5, 0.6) is 0 Å². The lowest BCUT2D eigenvalue weighted by Gasteiger charge is -2.23. The van der Waals surface area contributed by atoms with Crippen molar-refractivity contribution in [2.45, 2.75) is 37.2 Å². The minimum atomic E-state index is -1.63. The summed E-state index contributed by atoms with van der Waals surface area (Å²) in [6.45, 7) is 0.258. The molecular formula is C17H20N2O7. The number of aliphatic hydroxyl groups is 2. The predicted octanol–water partition coefficient (Wildman–Crippen LogP) is -0.490. The topological polar surface area (TPSA) is 122 Å². The van der Waals surface area contributed by atoms with Crippen LogP contribution in [0, 0.1) is 5.21 Å². The molecule has 0 saturated carbocycles.